The van der Waals surface area contributed by atoms with E-state index in [0.29, 0.717) is 10.7 Å². The molecule has 0 spiro atoms. The summed E-state index contributed by atoms with van der Waals surface area (Å²) >= 11 is 5.85. The molecule has 0 saturated heterocycles. The molecule has 0 fully saturated rings. The first-order valence-corrected chi connectivity index (χ1v) is 7.78. The van der Waals surface area contributed by atoms with Crippen molar-refractivity contribution in [3.05, 3.63) is 68.7 Å². The number of nitrogens with zero attached hydrogens (tertiary/aromatic N) is 1. The summed E-state index contributed by atoms with van der Waals surface area (Å²) in [7, 11) is 0. The van der Waals surface area contributed by atoms with Crippen LogP contribution in [0.3, 0.4) is 0 Å². The van der Waals surface area contributed by atoms with Crippen molar-refractivity contribution in [2.24, 2.45) is 0 Å². The molecule has 0 aliphatic rings. The lowest BCUT2D eigenvalue weighted by Crippen LogP contribution is -2.30. The zero-order valence-electron chi connectivity index (χ0n) is 13.4. The predicted octanol–water partition coefficient (Wildman–Crippen LogP) is 3.85. The second-order valence-electron chi connectivity index (χ2n) is 5.46. The Bertz CT molecular complexity index is 747. The first-order chi connectivity index (χ1) is 11.4. The molecule has 0 unspecified atom stereocenters. The molecule has 2 aromatic carbocycles. The molecule has 2 N–H and O–H groups in total. The monoisotopic (exact) mass is 347 g/mol. The van der Waals surface area contributed by atoms with Crippen LogP contribution >= 0.6 is 11.6 Å². The SMILES string of the molecule is Cc1ccc([N+](=O)[O-])cc1NC(=O)CN[C@@H](C)c1ccc(Cl)cc1. The summed E-state index contributed by atoms with van der Waals surface area (Å²) in [6.45, 7) is 3.81. The molecule has 0 aliphatic heterocycles. The summed E-state index contributed by atoms with van der Waals surface area (Å²) in [6.07, 6.45) is 0. The Kier molecular flexibility index (Phi) is 5.89. The zero-order valence-corrected chi connectivity index (χ0v) is 14.1. The second kappa shape index (κ2) is 7.90. The van der Waals surface area contributed by atoms with Crippen molar-refractivity contribution >= 4 is 28.9 Å². The van der Waals surface area contributed by atoms with Gasteiger partial charge in [-0.05, 0) is 37.1 Å². The Morgan fingerprint density at radius 1 is 1.25 bits per heavy atom. The van der Waals surface area contributed by atoms with E-state index in [-0.39, 0.29) is 24.2 Å². The van der Waals surface area contributed by atoms with Gasteiger partial charge in [0, 0.05) is 23.2 Å². The Labute approximate surface area is 145 Å². The molecular weight excluding hydrogens is 330 g/mol. The Morgan fingerprint density at radius 2 is 1.92 bits per heavy atom. The van der Waals surface area contributed by atoms with Crippen molar-refractivity contribution in [2.45, 2.75) is 19.9 Å². The van der Waals surface area contributed by atoms with Crippen LogP contribution in [-0.4, -0.2) is 17.4 Å². The molecular formula is C17H18ClN3O3. The average molecular weight is 348 g/mol. The van der Waals surface area contributed by atoms with Crippen LogP contribution in [-0.2, 0) is 4.79 Å². The minimum absolute atomic E-state index is 0.0285. The van der Waals surface area contributed by atoms with Crippen molar-refractivity contribution in [1.82, 2.24) is 5.32 Å². The van der Waals surface area contributed by atoms with Crippen molar-refractivity contribution in [3.63, 3.8) is 0 Å². The van der Waals surface area contributed by atoms with E-state index >= 15 is 0 Å². The number of non-ortho nitro benzene ring substituents is 1. The standard InChI is InChI=1S/C17H18ClN3O3/c1-11-3-8-15(21(23)24)9-16(11)20-17(22)10-19-12(2)13-4-6-14(18)7-5-13/h3-9,12,19H,10H2,1-2H3,(H,20,22)/t12-/m0/s1. The van der Waals surface area contributed by atoms with E-state index in [1.165, 1.54) is 12.1 Å². The Balaban J connectivity index is 1.95. The van der Waals surface area contributed by atoms with Gasteiger partial charge in [-0.1, -0.05) is 29.8 Å². The summed E-state index contributed by atoms with van der Waals surface area (Å²) in [5, 5.41) is 17.3. The molecule has 24 heavy (non-hydrogen) atoms. The normalized spacial score (nSPS) is 11.8. The minimum Gasteiger partial charge on any atom is -0.324 e. The highest BCUT2D eigenvalue weighted by molar-refractivity contribution is 6.30. The molecule has 0 radical (unpaired) electrons. The van der Waals surface area contributed by atoms with Gasteiger partial charge in [0.1, 0.15) is 0 Å². The van der Waals surface area contributed by atoms with E-state index in [9.17, 15) is 14.9 Å². The van der Waals surface area contributed by atoms with Crippen LogP contribution in [0, 0.1) is 17.0 Å². The van der Waals surface area contributed by atoms with Gasteiger partial charge in [-0.3, -0.25) is 14.9 Å². The van der Waals surface area contributed by atoms with Crippen LogP contribution in [0.2, 0.25) is 5.02 Å². The third-order valence-corrected chi connectivity index (χ3v) is 3.90. The molecule has 126 valence electrons. The highest BCUT2D eigenvalue weighted by Crippen LogP contribution is 2.22. The number of nitrogens with one attached hydrogen (secondary N) is 2. The van der Waals surface area contributed by atoms with Gasteiger partial charge in [-0.15, -0.1) is 0 Å². The first-order valence-electron chi connectivity index (χ1n) is 7.40. The lowest BCUT2D eigenvalue weighted by molar-refractivity contribution is -0.384. The number of nitro benzene ring substituents is 1. The second-order valence-corrected chi connectivity index (χ2v) is 5.90. The van der Waals surface area contributed by atoms with Crippen molar-refractivity contribution in [3.8, 4) is 0 Å². The summed E-state index contributed by atoms with van der Waals surface area (Å²) in [5.74, 6) is -0.264. The van der Waals surface area contributed by atoms with Crippen LogP contribution in [0.25, 0.3) is 0 Å². The van der Waals surface area contributed by atoms with Crippen LogP contribution in [0.1, 0.15) is 24.1 Å². The summed E-state index contributed by atoms with van der Waals surface area (Å²) in [5.41, 5.74) is 2.16. The van der Waals surface area contributed by atoms with Crippen LogP contribution in [0.15, 0.2) is 42.5 Å². The zero-order chi connectivity index (χ0) is 17.7. The van der Waals surface area contributed by atoms with Crippen molar-refractivity contribution < 1.29 is 9.72 Å². The van der Waals surface area contributed by atoms with Gasteiger partial charge >= 0.3 is 0 Å². The lowest BCUT2D eigenvalue weighted by atomic mass is 10.1. The average Bonchev–Trinajstić information content (AvgIpc) is 2.55. The van der Waals surface area contributed by atoms with Gasteiger partial charge in [-0.2, -0.15) is 0 Å². The number of aryl methyl sites for hydroxylation is 1. The third kappa shape index (κ3) is 4.78. The van der Waals surface area contributed by atoms with Crippen molar-refractivity contribution in [2.75, 3.05) is 11.9 Å². The summed E-state index contributed by atoms with van der Waals surface area (Å²) in [6, 6.07) is 11.7. The molecule has 0 aromatic heterocycles. The van der Waals surface area contributed by atoms with E-state index in [0.717, 1.165) is 11.1 Å². The molecule has 2 aromatic rings. The lowest BCUT2D eigenvalue weighted by Gasteiger charge is -2.15. The number of halogens is 1. The molecule has 1 amide bonds. The number of anilines is 1. The molecule has 0 bridgehead atoms. The maximum absolute atomic E-state index is 12.1. The topological polar surface area (TPSA) is 84.3 Å². The number of nitro groups is 1. The van der Waals surface area contributed by atoms with E-state index in [1.807, 2.05) is 19.1 Å². The Hall–Kier alpha value is -2.44. The Morgan fingerprint density at radius 3 is 2.54 bits per heavy atom. The number of rotatable bonds is 6. The van der Waals surface area contributed by atoms with Crippen LogP contribution < -0.4 is 10.6 Å². The van der Waals surface area contributed by atoms with Crippen molar-refractivity contribution in [1.29, 1.82) is 0 Å². The molecule has 2 rings (SSSR count). The van der Waals surface area contributed by atoms with Crippen LogP contribution in [0.5, 0.6) is 0 Å². The molecule has 6 nitrogen and oxygen atoms in total. The number of carbonyl (C=O) groups is 1. The summed E-state index contributed by atoms with van der Waals surface area (Å²) < 4.78 is 0. The number of hydrogen-bond acceptors (Lipinski definition) is 4. The summed E-state index contributed by atoms with van der Waals surface area (Å²) in [4.78, 5) is 22.4. The van der Waals surface area contributed by atoms with Gasteiger partial charge in [0.2, 0.25) is 5.91 Å². The molecule has 0 aliphatic carbocycles. The van der Waals surface area contributed by atoms with Gasteiger partial charge in [-0.25, -0.2) is 0 Å². The molecule has 0 heterocycles. The smallest absolute Gasteiger partial charge is 0.271 e. The fourth-order valence-electron chi connectivity index (χ4n) is 2.17. The minimum atomic E-state index is -0.490. The van der Waals surface area contributed by atoms with E-state index in [4.69, 9.17) is 11.6 Å². The van der Waals surface area contributed by atoms with E-state index in [2.05, 4.69) is 10.6 Å². The molecule has 7 heteroatoms. The van der Waals surface area contributed by atoms with Gasteiger partial charge in [0.05, 0.1) is 17.2 Å². The van der Waals surface area contributed by atoms with Gasteiger partial charge in [0.15, 0.2) is 0 Å². The quantitative estimate of drug-likeness (QED) is 0.614. The van der Waals surface area contributed by atoms with Gasteiger partial charge < -0.3 is 10.6 Å². The molecule has 0 saturated carbocycles. The first kappa shape index (κ1) is 17.9. The predicted molar refractivity (Wildman–Crippen MR) is 94.3 cm³/mol. The molecule has 1 atom stereocenters. The largest absolute Gasteiger partial charge is 0.324 e. The maximum atomic E-state index is 12.1. The highest BCUT2D eigenvalue weighted by Gasteiger charge is 2.12. The fourth-order valence-corrected chi connectivity index (χ4v) is 2.29. The van der Waals surface area contributed by atoms with Gasteiger partial charge in [0.25, 0.3) is 5.69 Å². The third-order valence-electron chi connectivity index (χ3n) is 3.64. The van der Waals surface area contributed by atoms with Crippen LogP contribution in [0.4, 0.5) is 11.4 Å². The fraction of sp³-hybridized carbons (Fsp3) is 0.235. The maximum Gasteiger partial charge on any atom is 0.271 e. The highest BCUT2D eigenvalue weighted by atomic mass is 35.5. The number of carbonyl (C=O) groups excluding carboxylic acids is 1. The van der Waals surface area contributed by atoms with E-state index < -0.39 is 4.92 Å². The number of amides is 1. The van der Waals surface area contributed by atoms with E-state index in [1.54, 1.807) is 25.1 Å². The number of benzene rings is 2. The number of hydrogen-bond donors (Lipinski definition) is 2.